The zero-order valence-electron chi connectivity index (χ0n) is 18.3. The number of aromatic amines is 1. The van der Waals surface area contributed by atoms with Crippen LogP contribution in [-0.2, 0) is 11.3 Å². The number of para-hydroxylation sites is 1. The van der Waals surface area contributed by atoms with E-state index >= 15 is 0 Å². The van der Waals surface area contributed by atoms with Crippen molar-refractivity contribution >= 4 is 22.8 Å². The monoisotopic (exact) mass is 432 g/mol. The first-order valence-corrected chi connectivity index (χ1v) is 11.4. The van der Waals surface area contributed by atoms with E-state index in [-0.39, 0.29) is 12.1 Å². The largest absolute Gasteiger partial charge is 0.440 e. The van der Waals surface area contributed by atoms with Crippen molar-refractivity contribution < 1.29 is 9.53 Å². The van der Waals surface area contributed by atoms with Crippen LogP contribution in [0.5, 0.6) is 0 Å². The number of H-pyrrole nitrogens is 1. The van der Waals surface area contributed by atoms with Gasteiger partial charge in [-0.05, 0) is 24.6 Å². The number of amides is 1. The van der Waals surface area contributed by atoms with Crippen LogP contribution in [0.3, 0.4) is 0 Å². The number of hydrogen-bond donors (Lipinski definition) is 1. The Balaban J connectivity index is 1.18. The molecule has 1 unspecified atom stereocenters. The SMILES string of the molecule is Cc1nccc(N2CCC3(CC2)OC(=O)N2CCN(Cc4c[nH]c5ccccc45)CC23)n1. The first-order valence-electron chi connectivity index (χ1n) is 11.4. The van der Waals surface area contributed by atoms with Crippen molar-refractivity contribution in [3.8, 4) is 0 Å². The van der Waals surface area contributed by atoms with Gasteiger partial charge in [-0.15, -0.1) is 0 Å². The summed E-state index contributed by atoms with van der Waals surface area (Å²) in [5, 5.41) is 1.27. The number of ether oxygens (including phenoxy) is 1. The second-order valence-corrected chi connectivity index (χ2v) is 9.19. The number of carbonyl (C=O) groups excluding carboxylic acids is 1. The van der Waals surface area contributed by atoms with Gasteiger partial charge in [0.25, 0.3) is 0 Å². The van der Waals surface area contributed by atoms with Crippen LogP contribution in [0.25, 0.3) is 10.9 Å². The summed E-state index contributed by atoms with van der Waals surface area (Å²) in [4.78, 5) is 31.6. The first-order chi connectivity index (χ1) is 15.6. The van der Waals surface area contributed by atoms with Crippen LogP contribution in [-0.4, -0.2) is 75.2 Å². The average Bonchev–Trinajstić information content (AvgIpc) is 3.33. The molecular weight excluding hydrogens is 404 g/mol. The van der Waals surface area contributed by atoms with Crippen LogP contribution < -0.4 is 4.90 Å². The van der Waals surface area contributed by atoms with Crippen molar-refractivity contribution in [3.05, 3.63) is 54.1 Å². The molecule has 0 radical (unpaired) electrons. The van der Waals surface area contributed by atoms with Gasteiger partial charge in [-0.3, -0.25) is 9.80 Å². The third-order valence-electron chi connectivity index (χ3n) is 7.36. The molecule has 0 bridgehead atoms. The van der Waals surface area contributed by atoms with Crippen molar-refractivity contribution in [1.29, 1.82) is 0 Å². The topological polar surface area (TPSA) is 77.6 Å². The smallest absolute Gasteiger partial charge is 0.410 e. The van der Waals surface area contributed by atoms with Gasteiger partial charge < -0.3 is 14.6 Å². The highest BCUT2D eigenvalue weighted by molar-refractivity contribution is 5.83. The minimum atomic E-state index is -0.408. The van der Waals surface area contributed by atoms with Crippen molar-refractivity contribution in [2.75, 3.05) is 37.6 Å². The lowest BCUT2D eigenvalue weighted by atomic mass is 9.83. The standard InChI is InChI=1S/C24H28N6O2/c1-17-25-9-6-22(27-17)29-10-7-24(8-11-29)21-16-28(12-13-30(21)23(31)32-24)15-18-14-26-20-5-3-2-4-19(18)20/h2-6,9,14,21,26H,7-8,10-13,15-16H2,1H3. The summed E-state index contributed by atoms with van der Waals surface area (Å²) < 4.78 is 6.09. The van der Waals surface area contributed by atoms with Gasteiger partial charge in [0.1, 0.15) is 17.2 Å². The zero-order chi connectivity index (χ0) is 21.7. The molecule has 0 aliphatic carbocycles. The third kappa shape index (κ3) is 3.21. The second kappa shape index (κ2) is 7.48. The lowest BCUT2D eigenvalue weighted by molar-refractivity contribution is -0.00627. The van der Waals surface area contributed by atoms with Crippen molar-refractivity contribution in [1.82, 2.24) is 24.8 Å². The first kappa shape index (κ1) is 19.5. The van der Waals surface area contributed by atoms with Crippen LogP contribution in [0, 0.1) is 6.92 Å². The van der Waals surface area contributed by atoms with E-state index < -0.39 is 5.60 Å². The van der Waals surface area contributed by atoms with Gasteiger partial charge in [-0.2, -0.15) is 0 Å². The Labute approximate surface area is 187 Å². The van der Waals surface area contributed by atoms with E-state index in [2.05, 4.69) is 55.2 Å². The minimum absolute atomic E-state index is 0.100. The summed E-state index contributed by atoms with van der Waals surface area (Å²) in [6.45, 7) is 6.89. The summed E-state index contributed by atoms with van der Waals surface area (Å²) in [7, 11) is 0. The van der Waals surface area contributed by atoms with Crippen LogP contribution in [0.4, 0.5) is 10.6 Å². The summed E-state index contributed by atoms with van der Waals surface area (Å²) >= 11 is 0. The van der Waals surface area contributed by atoms with E-state index in [4.69, 9.17) is 4.74 Å². The molecule has 1 amide bonds. The molecule has 3 aromatic rings. The highest BCUT2D eigenvalue weighted by atomic mass is 16.6. The predicted molar refractivity (Wildman–Crippen MR) is 121 cm³/mol. The second-order valence-electron chi connectivity index (χ2n) is 9.19. The number of piperidine rings is 1. The van der Waals surface area contributed by atoms with Crippen LogP contribution in [0.15, 0.2) is 42.7 Å². The van der Waals surface area contributed by atoms with E-state index in [1.54, 1.807) is 0 Å². The summed E-state index contributed by atoms with van der Waals surface area (Å²) in [6.07, 6.45) is 5.43. The number of hydrogen-bond acceptors (Lipinski definition) is 6. The number of aryl methyl sites for hydroxylation is 1. The summed E-state index contributed by atoms with van der Waals surface area (Å²) in [6, 6.07) is 10.5. The minimum Gasteiger partial charge on any atom is -0.440 e. The average molecular weight is 433 g/mol. The Morgan fingerprint density at radius 1 is 1.16 bits per heavy atom. The maximum absolute atomic E-state index is 12.7. The molecule has 3 aliphatic rings. The molecule has 2 aromatic heterocycles. The Hall–Kier alpha value is -3.13. The van der Waals surface area contributed by atoms with Gasteiger partial charge in [-0.1, -0.05) is 18.2 Å². The molecule has 3 aliphatic heterocycles. The van der Waals surface area contributed by atoms with Gasteiger partial charge in [0.05, 0.1) is 6.04 Å². The zero-order valence-corrected chi connectivity index (χ0v) is 18.3. The number of carbonyl (C=O) groups is 1. The number of piperazine rings is 1. The molecule has 5 heterocycles. The lowest BCUT2D eigenvalue weighted by Gasteiger charge is -2.45. The Morgan fingerprint density at radius 3 is 2.84 bits per heavy atom. The maximum atomic E-state index is 12.7. The quantitative estimate of drug-likeness (QED) is 0.686. The van der Waals surface area contributed by atoms with E-state index in [0.717, 1.165) is 63.8 Å². The summed E-state index contributed by atoms with van der Waals surface area (Å²) in [5.41, 5.74) is 2.07. The number of nitrogens with one attached hydrogen (secondary N) is 1. The van der Waals surface area contributed by atoms with E-state index in [1.165, 1.54) is 16.5 Å². The van der Waals surface area contributed by atoms with Crippen LogP contribution in [0.1, 0.15) is 24.2 Å². The molecule has 8 nitrogen and oxygen atoms in total. The van der Waals surface area contributed by atoms with Crippen molar-refractivity contribution in [3.63, 3.8) is 0 Å². The lowest BCUT2D eigenvalue weighted by Crippen LogP contribution is -2.60. The van der Waals surface area contributed by atoms with Gasteiger partial charge >= 0.3 is 6.09 Å². The van der Waals surface area contributed by atoms with Gasteiger partial charge in [0.2, 0.25) is 0 Å². The molecular formula is C24H28N6O2. The number of rotatable bonds is 3. The number of benzene rings is 1. The number of nitrogens with zero attached hydrogens (tertiary/aromatic N) is 5. The Kier molecular flexibility index (Phi) is 4.57. The molecule has 32 heavy (non-hydrogen) atoms. The fourth-order valence-electron chi connectivity index (χ4n) is 5.63. The van der Waals surface area contributed by atoms with Gasteiger partial charge in [0.15, 0.2) is 0 Å². The molecule has 3 fully saturated rings. The number of anilines is 1. The fraction of sp³-hybridized carbons (Fsp3) is 0.458. The molecule has 166 valence electrons. The number of fused-ring (bicyclic) bond motifs is 3. The predicted octanol–water partition coefficient (Wildman–Crippen LogP) is 2.94. The molecule has 1 spiro atoms. The van der Waals surface area contributed by atoms with E-state index in [1.807, 2.05) is 24.1 Å². The van der Waals surface area contributed by atoms with Crippen LogP contribution in [0.2, 0.25) is 0 Å². The molecule has 1 atom stereocenters. The molecule has 1 N–H and O–H groups in total. The van der Waals surface area contributed by atoms with Gasteiger partial charge in [-0.25, -0.2) is 14.8 Å². The Morgan fingerprint density at radius 2 is 2.00 bits per heavy atom. The fourth-order valence-corrected chi connectivity index (χ4v) is 5.63. The molecule has 6 rings (SSSR count). The molecule has 0 saturated carbocycles. The van der Waals surface area contributed by atoms with E-state index in [0.29, 0.717) is 0 Å². The Bertz CT molecular complexity index is 1150. The van der Waals surface area contributed by atoms with Gasteiger partial charge in [0, 0.05) is 75.4 Å². The highest BCUT2D eigenvalue weighted by Gasteiger charge is 2.56. The normalized spacial score (nSPS) is 23.0. The molecule has 3 saturated heterocycles. The highest BCUT2D eigenvalue weighted by Crippen LogP contribution is 2.41. The molecule has 1 aromatic carbocycles. The number of aromatic nitrogens is 3. The van der Waals surface area contributed by atoms with E-state index in [9.17, 15) is 4.79 Å². The maximum Gasteiger partial charge on any atom is 0.410 e. The van der Waals surface area contributed by atoms with Crippen molar-refractivity contribution in [2.24, 2.45) is 0 Å². The van der Waals surface area contributed by atoms with Crippen molar-refractivity contribution in [2.45, 2.75) is 38.0 Å². The van der Waals surface area contributed by atoms with Crippen LogP contribution >= 0.6 is 0 Å². The summed E-state index contributed by atoms with van der Waals surface area (Å²) in [5.74, 6) is 1.74. The third-order valence-corrected chi connectivity index (χ3v) is 7.36. The molecule has 8 heteroatoms.